The SMILES string of the molecule is Cc1c(N)cccc1NC(=O)CN(C)Cc1ccccn1. The van der Waals surface area contributed by atoms with Crippen LogP contribution in [-0.4, -0.2) is 29.4 Å². The van der Waals surface area contributed by atoms with Gasteiger partial charge in [-0.3, -0.25) is 14.7 Å². The highest BCUT2D eigenvalue weighted by Gasteiger charge is 2.10. The smallest absolute Gasteiger partial charge is 0.238 e. The number of hydrogen-bond donors (Lipinski definition) is 2. The Morgan fingerprint density at radius 1 is 1.29 bits per heavy atom. The third-order valence-corrected chi connectivity index (χ3v) is 3.22. The van der Waals surface area contributed by atoms with E-state index in [1.807, 2.05) is 55.3 Å². The summed E-state index contributed by atoms with van der Waals surface area (Å²) in [5.74, 6) is -0.0675. The van der Waals surface area contributed by atoms with Gasteiger partial charge in [-0.2, -0.15) is 0 Å². The van der Waals surface area contributed by atoms with Crippen LogP contribution in [0.25, 0.3) is 0 Å². The molecule has 0 radical (unpaired) electrons. The van der Waals surface area contributed by atoms with Crippen molar-refractivity contribution in [2.75, 3.05) is 24.6 Å². The van der Waals surface area contributed by atoms with Crippen molar-refractivity contribution in [1.29, 1.82) is 0 Å². The van der Waals surface area contributed by atoms with Crippen LogP contribution in [0.5, 0.6) is 0 Å². The number of anilines is 2. The van der Waals surface area contributed by atoms with Gasteiger partial charge in [0.15, 0.2) is 0 Å². The standard InChI is InChI=1S/C16H20N4O/c1-12-14(17)7-5-8-15(12)19-16(21)11-20(2)10-13-6-3-4-9-18-13/h3-9H,10-11,17H2,1-2H3,(H,19,21). The maximum atomic E-state index is 12.1. The van der Waals surface area contributed by atoms with E-state index in [2.05, 4.69) is 10.3 Å². The molecule has 3 N–H and O–H groups in total. The molecule has 5 nitrogen and oxygen atoms in total. The highest BCUT2D eigenvalue weighted by atomic mass is 16.2. The fourth-order valence-corrected chi connectivity index (χ4v) is 2.05. The largest absolute Gasteiger partial charge is 0.398 e. The number of nitrogen functional groups attached to an aromatic ring is 1. The minimum Gasteiger partial charge on any atom is -0.398 e. The number of likely N-dealkylation sites (N-methyl/N-ethyl adjacent to an activating group) is 1. The number of aromatic nitrogens is 1. The summed E-state index contributed by atoms with van der Waals surface area (Å²) in [6, 6.07) is 11.2. The van der Waals surface area contributed by atoms with Gasteiger partial charge < -0.3 is 11.1 Å². The predicted octanol–water partition coefficient (Wildman–Crippen LogP) is 2.04. The lowest BCUT2D eigenvalue weighted by Gasteiger charge is -2.16. The Kier molecular flexibility index (Phi) is 4.90. The summed E-state index contributed by atoms with van der Waals surface area (Å²) in [5.41, 5.74) is 9.09. The molecule has 0 unspecified atom stereocenters. The first-order valence-corrected chi connectivity index (χ1v) is 6.79. The van der Waals surface area contributed by atoms with Gasteiger partial charge in [-0.25, -0.2) is 0 Å². The molecular formula is C16H20N4O. The Balaban J connectivity index is 1.91. The molecule has 0 spiro atoms. The zero-order valence-corrected chi connectivity index (χ0v) is 12.3. The fraction of sp³-hybridized carbons (Fsp3) is 0.250. The molecule has 1 amide bonds. The number of amides is 1. The predicted molar refractivity (Wildman–Crippen MR) is 84.8 cm³/mol. The first-order chi connectivity index (χ1) is 10.1. The zero-order chi connectivity index (χ0) is 15.2. The molecule has 0 bridgehead atoms. The maximum absolute atomic E-state index is 12.1. The second-order valence-corrected chi connectivity index (χ2v) is 5.06. The molecule has 5 heteroatoms. The number of nitrogens with zero attached hydrogens (tertiary/aromatic N) is 2. The molecule has 1 aromatic heterocycles. The van der Waals surface area contributed by atoms with E-state index in [9.17, 15) is 4.79 Å². The second kappa shape index (κ2) is 6.85. The Hall–Kier alpha value is -2.40. The number of benzene rings is 1. The first kappa shape index (κ1) is 15.0. The third kappa shape index (κ3) is 4.29. The van der Waals surface area contributed by atoms with Gasteiger partial charge in [0.1, 0.15) is 0 Å². The summed E-state index contributed by atoms with van der Waals surface area (Å²) in [6.07, 6.45) is 1.75. The number of rotatable bonds is 5. The van der Waals surface area contributed by atoms with Gasteiger partial charge in [0.05, 0.1) is 12.2 Å². The van der Waals surface area contributed by atoms with Crippen molar-refractivity contribution < 1.29 is 4.79 Å². The minimum absolute atomic E-state index is 0.0675. The molecule has 0 aliphatic carbocycles. The van der Waals surface area contributed by atoms with Crippen LogP contribution in [0.1, 0.15) is 11.3 Å². The van der Waals surface area contributed by atoms with Gasteiger partial charge in [-0.1, -0.05) is 12.1 Å². The summed E-state index contributed by atoms with van der Waals surface area (Å²) in [4.78, 5) is 18.2. The highest BCUT2D eigenvalue weighted by molar-refractivity contribution is 5.93. The number of hydrogen-bond acceptors (Lipinski definition) is 4. The lowest BCUT2D eigenvalue weighted by atomic mass is 10.1. The van der Waals surface area contributed by atoms with Crippen molar-refractivity contribution in [3.05, 3.63) is 53.9 Å². The number of carbonyl (C=O) groups is 1. The molecule has 0 fully saturated rings. The summed E-state index contributed by atoms with van der Waals surface area (Å²) >= 11 is 0. The van der Waals surface area contributed by atoms with Gasteiger partial charge in [0.2, 0.25) is 5.91 Å². The van der Waals surface area contributed by atoms with Crippen LogP contribution in [0.3, 0.4) is 0 Å². The van der Waals surface area contributed by atoms with Crippen LogP contribution in [0.2, 0.25) is 0 Å². The summed E-state index contributed by atoms with van der Waals surface area (Å²) < 4.78 is 0. The molecule has 21 heavy (non-hydrogen) atoms. The molecule has 2 aromatic rings. The molecule has 0 aliphatic heterocycles. The van der Waals surface area contributed by atoms with Crippen molar-refractivity contribution in [2.24, 2.45) is 0 Å². The molecule has 1 heterocycles. The van der Waals surface area contributed by atoms with E-state index in [1.165, 1.54) is 0 Å². The van der Waals surface area contributed by atoms with Crippen LogP contribution in [0.4, 0.5) is 11.4 Å². The van der Waals surface area contributed by atoms with E-state index in [0.717, 1.165) is 16.9 Å². The topological polar surface area (TPSA) is 71.2 Å². The van der Waals surface area contributed by atoms with Gasteiger partial charge in [-0.15, -0.1) is 0 Å². The van der Waals surface area contributed by atoms with E-state index < -0.39 is 0 Å². The molecule has 0 atom stereocenters. The van der Waals surface area contributed by atoms with Crippen LogP contribution in [0, 0.1) is 6.92 Å². The van der Waals surface area contributed by atoms with E-state index in [-0.39, 0.29) is 5.91 Å². The molecule has 0 saturated carbocycles. The van der Waals surface area contributed by atoms with Gasteiger partial charge in [-0.05, 0) is 43.8 Å². The normalized spacial score (nSPS) is 10.6. The van der Waals surface area contributed by atoms with Crippen LogP contribution >= 0.6 is 0 Å². The maximum Gasteiger partial charge on any atom is 0.238 e. The van der Waals surface area contributed by atoms with E-state index in [4.69, 9.17) is 5.73 Å². The number of nitrogens with one attached hydrogen (secondary N) is 1. The molecule has 1 aromatic carbocycles. The Morgan fingerprint density at radius 3 is 2.81 bits per heavy atom. The number of pyridine rings is 1. The van der Waals surface area contributed by atoms with Gasteiger partial charge in [0, 0.05) is 24.1 Å². The van der Waals surface area contributed by atoms with Crippen LogP contribution in [-0.2, 0) is 11.3 Å². The third-order valence-electron chi connectivity index (χ3n) is 3.22. The van der Waals surface area contributed by atoms with Crippen LogP contribution in [0.15, 0.2) is 42.6 Å². The molecular weight excluding hydrogens is 264 g/mol. The summed E-state index contributed by atoms with van der Waals surface area (Å²) in [7, 11) is 1.89. The van der Waals surface area contributed by atoms with Crippen molar-refractivity contribution in [3.63, 3.8) is 0 Å². The lowest BCUT2D eigenvalue weighted by molar-refractivity contribution is -0.117. The van der Waals surface area contributed by atoms with Crippen molar-refractivity contribution in [1.82, 2.24) is 9.88 Å². The highest BCUT2D eigenvalue weighted by Crippen LogP contribution is 2.20. The van der Waals surface area contributed by atoms with Crippen molar-refractivity contribution in [2.45, 2.75) is 13.5 Å². The monoisotopic (exact) mass is 284 g/mol. The van der Waals surface area contributed by atoms with E-state index >= 15 is 0 Å². The Morgan fingerprint density at radius 2 is 2.10 bits per heavy atom. The average molecular weight is 284 g/mol. The average Bonchev–Trinajstić information content (AvgIpc) is 2.44. The van der Waals surface area contributed by atoms with Gasteiger partial charge in [0.25, 0.3) is 0 Å². The van der Waals surface area contributed by atoms with Crippen molar-refractivity contribution >= 4 is 17.3 Å². The quantitative estimate of drug-likeness (QED) is 0.824. The van der Waals surface area contributed by atoms with Crippen molar-refractivity contribution in [3.8, 4) is 0 Å². The van der Waals surface area contributed by atoms with E-state index in [0.29, 0.717) is 18.8 Å². The minimum atomic E-state index is -0.0675. The second-order valence-electron chi connectivity index (χ2n) is 5.06. The Bertz CT molecular complexity index is 613. The molecule has 110 valence electrons. The fourth-order valence-electron chi connectivity index (χ4n) is 2.05. The molecule has 0 aliphatic rings. The lowest BCUT2D eigenvalue weighted by Crippen LogP contribution is -2.30. The van der Waals surface area contributed by atoms with Crippen LogP contribution < -0.4 is 11.1 Å². The van der Waals surface area contributed by atoms with E-state index in [1.54, 1.807) is 6.20 Å². The molecule has 0 saturated heterocycles. The van der Waals surface area contributed by atoms with Gasteiger partial charge >= 0.3 is 0 Å². The molecule has 2 rings (SSSR count). The Labute approximate surface area is 124 Å². The summed E-state index contributed by atoms with van der Waals surface area (Å²) in [5, 5.41) is 2.89. The summed E-state index contributed by atoms with van der Waals surface area (Å²) in [6.45, 7) is 2.82. The number of carbonyl (C=O) groups excluding carboxylic acids is 1. The first-order valence-electron chi connectivity index (χ1n) is 6.79. The number of nitrogens with two attached hydrogens (primary N) is 1. The zero-order valence-electron chi connectivity index (χ0n) is 12.3.